The fourth-order valence-electron chi connectivity index (χ4n) is 7.83. The Bertz CT molecular complexity index is 1650. The molecule has 2 aliphatic heterocycles. The van der Waals surface area contributed by atoms with Crippen LogP contribution in [0.4, 0.5) is 0 Å². The molecule has 0 radical (unpaired) electrons. The van der Waals surface area contributed by atoms with E-state index in [9.17, 15) is 24.3 Å². The number of benzene rings is 3. The van der Waals surface area contributed by atoms with Gasteiger partial charge in [-0.05, 0) is 47.6 Å². The van der Waals surface area contributed by atoms with Gasteiger partial charge < -0.3 is 9.84 Å². The highest BCUT2D eigenvalue weighted by atomic mass is 16.5. The number of hydrogen-bond acceptors (Lipinski definition) is 6. The molecular formula is C35H32N2O6. The number of methoxy groups -OCH3 is 1. The number of nitrogens with zero attached hydrogens (tertiary/aromatic N) is 2. The van der Waals surface area contributed by atoms with Gasteiger partial charge in [0.1, 0.15) is 0 Å². The van der Waals surface area contributed by atoms with Crippen LogP contribution in [0.2, 0.25) is 0 Å². The summed E-state index contributed by atoms with van der Waals surface area (Å²) < 4.78 is 5.41. The zero-order valence-corrected chi connectivity index (χ0v) is 23.8. The molecule has 8 heteroatoms. The molecule has 2 heterocycles. The minimum Gasteiger partial charge on any atom is -0.504 e. The summed E-state index contributed by atoms with van der Waals surface area (Å²) in [5.74, 6) is -3.88. The van der Waals surface area contributed by atoms with Crippen molar-refractivity contribution < 1.29 is 29.0 Å². The molecule has 0 bridgehead atoms. The molecule has 0 unspecified atom stereocenters. The molecule has 1 saturated carbocycles. The van der Waals surface area contributed by atoms with Gasteiger partial charge in [-0.2, -0.15) is 0 Å². The third kappa shape index (κ3) is 4.35. The van der Waals surface area contributed by atoms with Crippen molar-refractivity contribution in [3.8, 4) is 11.5 Å². The van der Waals surface area contributed by atoms with Crippen LogP contribution in [-0.4, -0.2) is 45.6 Å². The standard InChI is InChI=1S/C35H32N2O6/c1-43-28-16-22(12-15-27(28)38)29-23-13-14-24-30(34(41)36(32(24)39)18-20-8-4-2-5-9-20)25(23)17-26-31(29)35(42)37(33(26)40)19-21-10-6-3-7-11-21/h2-13,15-16,24-26,29-31,38H,14,17-19H2,1H3/t24-,25+,26+,29-,30-,31+/m0/s1. The Morgan fingerprint density at radius 1 is 0.721 bits per heavy atom. The van der Waals surface area contributed by atoms with Gasteiger partial charge in [0.25, 0.3) is 0 Å². The molecule has 0 spiro atoms. The number of aromatic hydroxyl groups is 1. The minimum absolute atomic E-state index is 0.0273. The predicted molar refractivity (Wildman–Crippen MR) is 156 cm³/mol. The molecule has 218 valence electrons. The average Bonchev–Trinajstić information content (AvgIpc) is 3.41. The molecule has 43 heavy (non-hydrogen) atoms. The van der Waals surface area contributed by atoms with Gasteiger partial charge in [0.05, 0.1) is 43.9 Å². The van der Waals surface area contributed by atoms with E-state index in [1.54, 1.807) is 12.1 Å². The Morgan fingerprint density at radius 3 is 1.91 bits per heavy atom. The number of rotatable bonds is 6. The van der Waals surface area contributed by atoms with Gasteiger partial charge in [-0.3, -0.25) is 29.0 Å². The first-order chi connectivity index (χ1) is 20.9. The van der Waals surface area contributed by atoms with Crippen LogP contribution in [-0.2, 0) is 32.3 Å². The highest BCUT2D eigenvalue weighted by Gasteiger charge is 2.61. The van der Waals surface area contributed by atoms with Crippen molar-refractivity contribution in [2.45, 2.75) is 31.8 Å². The number of allylic oxidation sites excluding steroid dienone is 2. The van der Waals surface area contributed by atoms with Gasteiger partial charge in [0, 0.05) is 5.92 Å². The molecular weight excluding hydrogens is 544 g/mol. The highest BCUT2D eigenvalue weighted by Crippen LogP contribution is 2.58. The van der Waals surface area contributed by atoms with Crippen LogP contribution in [0.15, 0.2) is 90.5 Å². The Balaban J connectivity index is 1.29. The Morgan fingerprint density at radius 2 is 1.30 bits per heavy atom. The fourth-order valence-corrected chi connectivity index (χ4v) is 7.83. The summed E-state index contributed by atoms with van der Waals surface area (Å²) in [6.07, 6.45) is 2.75. The number of hydrogen-bond donors (Lipinski definition) is 1. The quantitative estimate of drug-likeness (QED) is 0.344. The second-order valence-corrected chi connectivity index (χ2v) is 12.0. The molecule has 3 aromatic rings. The number of imide groups is 2. The molecule has 0 aromatic heterocycles. The lowest BCUT2D eigenvalue weighted by atomic mass is 9.57. The summed E-state index contributed by atoms with van der Waals surface area (Å²) >= 11 is 0. The van der Waals surface area contributed by atoms with Gasteiger partial charge in [-0.15, -0.1) is 0 Å². The van der Waals surface area contributed by atoms with E-state index in [1.165, 1.54) is 23.0 Å². The van der Waals surface area contributed by atoms with Crippen molar-refractivity contribution >= 4 is 23.6 Å². The van der Waals surface area contributed by atoms with E-state index in [4.69, 9.17) is 4.74 Å². The maximum Gasteiger partial charge on any atom is 0.234 e. The molecule has 3 fully saturated rings. The van der Waals surface area contributed by atoms with Gasteiger partial charge in [-0.25, -0.2) is 0 Å². The van der Waals surface area contributed by atoms with E-state index in [0.717, 1.165) is 22.3 Å². The molecule has 2 aliphatic carbocycles. The van der Waals surface area contributed by atoms with Crippen LogP contribution >= 0.6 is 0 Å². The van der Waals surface area contributed by atoms with Crippen molar-refractivity contribution in [3.63, 3.8) is 0 Å². The Hall–Kier alpha value is -4.72. The van der Waals surface area contributed by atoms with Crippen LogP contribution in [0.25, 0.3) is 0 Å². The van der Waals surface area contributed by atoms with Gasteiger partial charge in [-0.1, -0.05) is 78.4 Å². The average molecular weight is 577 g/mol. The zero-order valence-electron chi connectivity index (χ0n) is 23.8. The third-order valence-electron chi connectivity index (χ3n) is 9.76. The maximum atomic E-state index is 14.1. The molecule has 4 aliphatic rings. The van der Waals surface area contributed by atoms with E-state index in [2.05, 4.69) is 0 Å². The monoisotopic (exact) mass is 576 g/mol. The normalized spacial score (nSPS) is 28.0. The lowest BCUT2D eigenvalue weighted by molar-refractivity contribution is -0.142. The first kappa shape index (κ1) is 27.1. The number of amides is 4. The lowest BCUT2D eigenvalue weighted by Gasteiger charge is -2.44. The number of phenolic OH excluding ortho intramolecular Hbond substituents is 1. The summed E-state index contributed by atoms with van der Waals surface area (Å²) in [4.78, 5) is 58.4. The van der Waals surface area contributed by atoms with Gasteiger partial charge in [0.15, 0.2) is 11.5 Å². The van der Waals surface area contributed by atoms with Crippen molar-refractivity contribution in [2.75, 3.05) is 7.11 Å². The first-order valence-corrected chi connectivity index (χ1v) is 14.7. The van der Waals surface area contributed by atoms with E-state index >= 15 is 0 Å². The van der Waals surface area contributed by atoms with Crippen molar-refractivity contribution in [1.82, 2.24) is 9.80 Å². The van der Waals surface area contributed by atoms with Crippen molar-refractivity contribution in [3.05, 3.63) is 107 Å². The van der Waals surface area contributed by atoms with Crippen LogP contribution < -0.4 is 4.74 Å². The fraction of sp³-hybridized carbons (Fsp3) is 0.314. The van der Waals surface area contributed by atoms with Crippen LogP contribution in [0.3, 0.4) is 0 Å². The van der Waals surface area contributed by atoms with E-state index < -0.39 is 29.6 Å². The number of ether oxygens (including phenoxy) is 1. The number of likely N-dealkylation sites (tertiary alicyclic amines) is 2. The molecule has 4 amide bonds. The molecule has 8 nitrogen and oxygen atoms in total. The van der Waals surface area contributed by atoms with Crippen molar-refractivity contribution in [1.29, 1.82) is 0 Å². The highest BCUT2D eigenvalue weighted by molar-refractivity contribution is 6.08. The second-order valence-electron chi connectivity index (χ2n) is 12.0. The Labute approximate surface area is 249 Å². The number of fused-ring (bicyclic) bond motifs is 4. The minimum atomic E-state index is -0.655. The zero-order chi connectivity index (χ0) is 29.8. The number of phenols is 1. The Kier molecular flexibility index (Phi) is 6.64. The molecule has 6 atom stereocenters. The molecule has 7 rings (SSSR count). The predicted octanol–water partition coefficient (Wildman–Crippen LogP) is 4.44. The largest absolute Gasteiger partial charge is 0.504 e. The lowest BCUT2D eigenvalue weighted by Crippen LogP contribution is -2.43. The van der Waals surface area contributed by atoms with E-state index in [-0.39, 0.29) is 54.1 Å². The maximum absolute atomic E-state index is 14.1. The topological polar surface area (TPSA) is 104 Å². The second kappa shape index (κ2) is 10.5. The first-order valence-electron chi connectivity index (χ1n) is 14.7. The summed E-state index contributed by atoms with van der Waals surface area (Å²) in [5.41, 5.74) is 3.39. The van der Waals surface area contributed by atoms with Gasteiger partial charge in [0.2, 0.25) is 23.6 Å². The molecule has 1 N–H and O–H groups in total. The van der Waals surface area contributed by atoms with Crippen LogP contribution in [0.1, 0.15) is 35.4 Å². The smallest absolute Gasteiger partial charge is 0.234 e. The van der Waals surface area contributed by atoms with Gasteiger partial charge >= 0.3 is 0 Å². The summed E-state index contributed by atoms with van der Waals surface area (Å²) in [7, 11) is 1.46. The summed E-state index contributed by atoms with van der Waals surface area (Å²) in [6, 6.07) is 23.9. The number of carbonyl (C=O) groups is 4. The summed E-state index contributed by atoms with van der Waals surface area (Å²) in [5, 5.41) is 10.3. The van der Waals surface area contributed by atoms with Crippen LogP contribution in [0.5, 0.6) is 11.5 Å². The van der Waals surface area contributed by atoms with E-state index in [0.29, 0.717) is 12.8 Å². The summed E-state index contributed by atoms with van der Waals surface area (Å²) in [6.45, 7) is 0.385. The number of carbonyl (C=O) groups excluding carboxylic acids is 4. The van der Waals surface area contributed by atoms with Crippen molar-refractivity contribution in [2.24, 2.45) is 29.6 Å². The molecule has 3 aromatic carbocycles. The third-order valence-corrected chi connectivity index (χ3v) is 9.76. The molecule has 2 saturated heterocycles. The SMILES string of the molecule is COc1cc([C@H]2C3=CC[C@@H]4C(=O)N(Cc5ccccc5)C(=O)[C@@H]4[C@@H]3C[C@H]3C(=O)N(Cc4ccccc4)C(=O)[C@@H]23)ccc1O. The van der Waals surface area contributed by atoms with Crippen LogP contribution in [0, 0.1) is 29.6 Å². The van der Waals surface area contributed by atoms with E-state index in [1.807, 2.05) is 66.7 Å².